The zero-order valence-electron chi connectivity index (χ0n) is 11.9. The van der Waals surface area contributed by atoms with Gasteiger partial charge in [-0.25, -0.2) is 0 Å². The van der Waals surface area contributed by atoms with E-state index in [1.165, 1.54) is 5.56 Å². The van der Waals surface area contributed by atoms with Crippen molar-refractivity contribution in [3.63, 3.8) is 0 Å². The van der Waals surface area contributed by atoms with Crippen molar-refractivity contribution in [3.05, 3.63) is 29.8 Å². The van der Waals surface area contributed by atoms with E-state index in [1.54, 1.807) is 7.11 Å². The summed E-state index contributed by atoms with van der Waals surface area (Å²) in [5, 5.41) is 3.41. The Balaban J connectivity index is 2.67. The topological polar surface area (TPSA) is 30.5 Å². The van der Waals surface area contributed by atoms with Gasteiger partial charge in [-0.15, -0.1) is 0 Å². The van der Waals surface area contributed by atoms with E-state index in [2.05, 4.69) is 38.2 Å². The minimum Gasteiger partial charge on any atom is -0.497 e. The molecule has 0 spiro atoms. The zero-order chi connectivity index (χ0) is 13.4. The van der Waals surface area contributed by atoms with Gasteiger partial charge in [0.15, 0.2) is 0 Å². The molecule has 18 heavy (non-hydrogen) atoms. The molecule has 0 aliphatic carbocycles. The van der Waals surface area contributed by atoms with Crippen LogP contribution in [0.25, 0.3) is 0 Å². The van der Waals surface area contributed by atoms with Crippen molar-refractivity contribution in [3.8, 4) is 5.75 Å². The number of nitrogens with one attached hydrogen (secondary N) is 1. The Morgan fingerprint density at radius 3 is 2.33 bits per heavy atom. The Morgan fingerprint density at radius 2 is 1.83 bits per heavy atom. The SMILES string of the molecule is CCCNCC(OC(C)C)c1ccc(OC)cc1. The monoisotopic (exact) mass is 251 g/mol. The van der Waals surface area contributed by atoms with Crippen LogP contribution in [0.1, 0.15) is 38.9 Å². The maximum atomic E-state index is 5.95. The second kappa shape index (κ2) is 8.11. The summed E-state index contributed by atoms with van der Waals surface area (Å²) in [6.45, 7) is 8.16. The lowest BCUT2D eigenvalue weighted by Gasteiger charge is -2.21. The molecule has 0 aliphatic rings. The highest BCUT2D eigenvalue weighted by Crippen LogP contribution is 2.21. The molecule has 0 radical (unpaired) electrons. The molecule has 1 aromatic carbocycles. The summed E-state index contributed by atoms with van der Waals surface area (Å²) >= 11 is 0. The van der Waals surface area contributed by atoms with Crippen molar-refractivity contribution >= 4 is 0 Å². The average Bonchev–Trinajstić information content (AvgIpc) is 2.37. The van der Waals surface area contributed by atoms with Crippen molar-refractivity contribution in [1.82, 2.24) is 5.32 Å². The molecule has 3 heteroatoms. The molecular formula is C15H25NO2. The molecule has 102 valence electrons. The van der Waals surface area contributed by atoms with Gasteiger partial charge in [0.1, 0.15) is 5.75 Å². The van der Waals surface area contributed by atoms with Crippen LogP contribution < -0.4 is 10.1 Å². The summed E-state index contributed by atoms with van der Waals surface area (Å²) in [5.74, 6) is 0.878. The van der Waals surface area contributed by atoms with Crippen LogP contribution in [-0.4, -0.2) is 26.3 Å². The lowest BCUT2D eigenvalue weighted by Crippen LogP contribution is -2.25. The number of methoxy groups -OCH3 is 1. The normalized spacial score (nSPS) is 12.7. The Morgan fingerprint density at radius 1 is 1.17 bits per heavy atom. The standard InChI is InChI=1S/C15H25NO2/c1-5-10-16-11-15(18-12(2)3)13-6-8-14(17-4)9-7-13/h6-9,12,15-16H,5,10-11H2,1-4H3. The molecule has 1 N–H and O–H groups in total. The molecule has 0 aliphatic heterocycles. The quantitative estimate of drug-likeness (QED) is 0.720. The molecule has 0 aromatic heterocycles. The first-order valence-corrected chi connectivity index (χ1v) is 6.67. The van der Waals surface area contributed by atoms with E-state index >= 15 is 0 Å². The first-order chi connectivity index (χ1) is 8.67. The molecule has 0 fully saturated rings. The van der Waals surface area contributed by atoms with Gasteiger partial charge in [0, 0.05) is 6.54 Å². The summed E-state index contributed by atoms with van der Waals surface area (Å²) < 4.78 is 11.1. The van der Waals surface area contributed by atoms with Crippen molar-refractivity contribution in [2.75, 3.05) is 20.2 Å². The molecule has 1 unspecified atom stereocenters. The van der Waals surface area contributed by atoms with Gasteiger partial charge in [0.2, 0.25) is 0 Å². The van der Waals surface area contributed by atoms with Gasteiger partial charge in [-0.3, -0.25) is 0 Å². The van der Waals surface area contributed by atoms with Crippen LogP contribution in [0.4, 0.5) is 0 Å². The van der Waals surface area contributed by atoms with E-state index in [0.717, 1.165) is 25.3 Å². The van der Waals surface area contributed by atoms with E-state index in [-0.39, 0.29) is 12.2 Å². The number of hydrogen-bond acceptors (Lipinski definition) is 3. The van der Waals surface area contributed by atoms with Gasteiger partial charge in [-0.05, 0) is 44.5 Å². The first kappa shape index (κ1) is 15.0. The zero-order valence-corrected chi connectivity index (χ0v) is 11.9. The molecule has 0 amide bonds. The average molecular weight is 251 g/mol. The fourth-order valence-corrected chi connectivity index (χ4v) is 1.80. The van der Waals surface area contributed by atoms with Crippen molar-refractivity contribution in [1.29, 1.82) is 0 Å². The van der Waals surface area contributed by atoms with Gasteiger partial charge in [-0.2, -0.15) is 0 Å². The Labute approximate surface area is 110 Å². The van der Waals surface area contributed by atoms with Gasteiger partial charge >= 0.3 is 0 Å². The van der Waals surface area contributed by atoms with E-state index in [9.17, 15) is 0 Å². The molecule has 0 saturated heterocycles. The van der Waals surface area contributed by atoms with Crippen molar-refractivity contribution in [2.24, 2.45) is 0 Å². The Hall–Kier alpha value is -1.06. The highest BCUT2D eigenvalue weighted by molar-refractivity contribution is 5.28. The maximum Gasteiger partial charge on any atom is 0.118 e. The van der Waals surface area contributed by atoms with E-state index in [0.29, 0.717) is 0 Å². The minimum absolute atomic E-state index is 0.0995. The molecule has 3 nitrogen and oxygen atoms in total. The van der Waals surface area contributed by atoms with Crippen molar-refractivity contribution < 1.29 is 9.47 Å². The number of hydrogen-bond donors (Lipinski definition) is 1. The Bertz CT molecular complexity index is 322. The lowest BCUT2D eigenvalue weighted by atomic mass is 10.1. The van der Waals surface area contributed by atoms with Crippen LogP contribution in [0.2, 0.25) is 0 Å². The number of rotatable bonds is 8. The third-order valence-corrected chi connectivity index (χ3v) is 2.68. The lowest BCUT2D eigenvalue weighted by molar-refractivity contribution is 0.00722. The molecule has 1 atom stereocenters. The van der Waals surface area contributed by atoms with Gasteiger partial charge in [0.05, 0.1) is 19.3 Å². The predicted molar refractivity (Wildman–Crippen MR) is 75.1 cm³/mol. The van der Waals surface area contributed by atoms with Crippen LogP contribution in [-0.2, 0) is 4.74 Å². The highest BCUT2D eigenvalue weighted by Gasteiger charge is 2.13. The Kier molecular flexibility index (Phi) is 6.76. The van der Waals surface area contributed by atoms with Crippen LogP contribution >= 0.6 is 0 Å². The molecular weight excluding hydrogens is 226 g/mol. The second-order valence-corrected chi connectivity index (χ2v) is 4.65. The molecule has 0 saturated carbocycles. The van der Waals surface area contributed by atoms with E-state index in [4.69, 9.17) is 9.47 Å². The summed E-state index contributed by atoms with van der Waals surface area (Å²) in [4.78, 5) is 0. The molecule has 0 heterocycles. The van der Waals surface area contributed by atoms with Crippen LogP contribution in [0.15, 0.2) is 24.3 Å². The molecule has 1 aromatic rings. The predicted octanol–water partition coefficient (Wildman–Crippen LogP) is 3.16. The van der Waals surface area contributed by atoms with E-state index < -0.39 is 0 Å². The van der Waals surface area contributed by atoms with Gasteiger partial charge in [0.25, 0.3) is 0 Å². The summed E-state index contributed by atoms with van der Waals surface area (Å²) in [6.07, 6.45) is 1.46. The highest BCUT2D eigenvalue weighted by atomic mass is 16.5. The fraction of sp³-hybridized carbons (Fsp3) is 0.600. The summed E-state index contributed by atoms with van der Waals surface area (Å²) in [7, 11) is 1.68. The number of ether oxygens (including phenoxy) is 2. The summed E-state index contributed by atoms with van der Waals surface area (Å²) in [5.41, 5.74) is 1.19. The second-order valence-electron chi connectivity index (χ2n) is 4.65. The van der Waals surface area contributed by atoms with Crippen molar-refractivity contribution in [2.45, 2.75) is 39.4 Å². The first-order valence-electron chi connectivity index (χ1n) is 6.67. The van der Waals surface area contributed by atoms with Crippen LogP contribution in [0.5, 0.6) is 5.75 Å². The number of benzene rings is 1. The van der Waals surface area contributed by atoms with Crippen LogP contribution in [0.3, 0.4) is 0 Å². The third-order valence-electron chi connectivity index (χ3n) is 2.68. The molecule has 0 bridgehead atoms. The third kappa shape index (κ3) is 5.07. The molecule has 1 rings (SSSR count). The minimum atomic E-state index is 0.0995. The summed E-state index contributed by atoms with van der Waals surface area (Å²) in [6, 6.07) is 8.09. The maximum absolute atomic E-state index is 5.95. The van der Waals surface area contributed by atoms with Gasteiger partial charge < -0.3 is 14.8 Å². The van der Waals surface area contributed by atoms with E-state index in [1.807, 2.05) is 12.1 Å². The van der Waals surface area contributed by atoms with Gasteiger partial charge in [-0.1, -0.05) is 19.1 Å². The smallest absolute Gasteiger partial charge is 0.118 e. The van der Waals surface area contributed by atoms with Crippen LogP contribution in [0, 0.1) is 0 Å². The largest absolute Gasteiger partial charge is 0.497 e. The fourth-order valence-electron chi connectivity index (χ4n) is 1.80.